The van der Waals surface area contributed by atoms with Crippen LogP contribution >= 0.6 is 0 Å². The summed E-state index contributed by atoms with van der Waals surface area (Å²) >= 11 is 0. The van der Waals surface area contributed by atoms with Crippen LogP contribution in [-0.2, 0) is 0 Å². The van der Waals surface area contributed by atoms with Crippen LogP contribution in [0.25, 0.3) is 0 Å². The maximum Gasteiger partial charge on any atom is 0.227 e. The van der Waals surface area contributed by atoms with Gasteiger partial charge in [0.05, 0.1) is 0 Å². The standard InChI is InChI=1S/C17H22BN/c1-5-9-13-16(11-7-3)15-19(18)17(12-8-4)14-10-6-2/h5-14H,2,4,15H2,1,3H3/b9-5-,11-7-,14-10-,16-13+,17-12+. The van der Waals surface area contributed by atoms with Crippen LogP contribution in [0.4, 0.5) is 0 Å². The van der Waals surface area contributed by atoms with Gasteiger partial charge < -0.3 is 4.81 Å². The second-order valence-corrected chi connectivity index (χ2v) is 3.82. The molecule has 0 heterocycles. The third-order valence-electron chi connectivity index (χ3n) is 2.26. The van der Waals surface area contributed by atoms with E-state index in [1.54, 1.807) is 17.0 Å². The van der Waals surface area contributed by atoms with E-state index >= 15 is 0 Å². The molecule has 0 saturated heterocycles. The summed E-state index contributed by atoms with van der Waals surface area (Å²) in [7, 11) is 6.08. The van der Waals surface area contributed by atoms with Gasteiger partial charge >= 0.3 is 0 Å². The van der Waals surface area contributed by atoms with Crippen molar-refractivity contribution in [1.29, 1.82) is 0 Å². The highest BCUT2D eigenvalue weighted by atomic mass is 15.0. The van der Waals surface area contributed by atoms with Gasteiger partial charge in [0.2, 0.25) is 7.98 Å². The Kier molecular flexibility index (Phi) is 10.0. The van der Waals surface area contributed by atoms with Crippen molar-refractivity contribution in [1.82, 2.24) is 4.81 Å². The second-order valence-electron chi connectivity index (χ2n) is 3.82. The van der Waals surface area contributed by atoms with Crippen LogP contribution < -0.4 is 0 Å². The molecular weight excluding hydrogens is 229 g/mol. The second kappa shape index (κ2) is 11.2. The first-order chi connectivity index (χ1) is 9.19. The summed E-state index contributed by atoms with van der Waals surface area (Å²) in [5, 5.41) is 0. The third-order valence-corrected chi connectivity index (χ3v) is 2.26. The van der Waals surface area contributed by atoms with Gasteiger partial charge in [0.1, 0.15) is 0 Å². The Morgan fingerprint density at radius 3 is 2.26 bits per heavy atom. The molecule has 1 nitrogen and oxygen atoms in total. The SMILES string of the molecule is [B]N(CC(/C=C\C)=C/C=C\C)C(/C=C\C=C)=C/C=C. The zero-order valence-corrected chi connectivity index (χ0v) is 11.9. The van der Waals surface area contributed by atoms with Gasteiger partial charge in [-0.1, -0.05) is 61.8 Å². The zero-order valence-electron chi connectivity index (χ0n) is 11.9. The summed E-state index contributed by atoms with van der Waals surface area (Å²) in [6.45, 7) is 11.9. The van der Waals surface area contributed by atoms with Gasteiger partial charge in [0, 0.05) is 12.2 Å². The van der Waals surface area contributed by atoms with Crippen molar-refractivity contribution in [3.05, 3.63) is 85.2 Å². The van der Waals surface area contributed by atoms with Crippen molar-refractivity contribution in [3.8, 4) is 0 Å². The number of allylic oxidation sites excluding steroid dienone is 9. The Labute approximate surface area is 119 Å². The van der Waals surface area contributed by atoms with Crippen molar-refractivity contribution in [2.24, 2.45) is 0 Å². The van der Waals surface area contributed by atoms with Crippen LogP contribution in [0.15, 0.2) is 85.2 Å². The van der Waals surface area contributed by atoms with Gasteiger partial charge in [-0.15, -0.1) is 0 Å². The summed E-state index contributed by atoms with van der Waals surface area (Å²) in [6.07, 6.45) is 19.1. The van der Waals surface area contributed by atoms with E-state index in [9.17, 15) is 0 Å². The Morgan fingerprint density at radius 2 is 1.74 bits per heavy atom. The van der Waals surface area contributed by atoms with Crippen molar-refractivity contribution in [3.63, 3.8) is 0 Å². The Balaban J connectivity index is 4.99. The highest BCUT2D eigenvalue weighted by Crippen LogP contribution is 2.09. The quantitative estimate of drug-likeness (QED) is 0.460. The molecule has 0 bridgehead atoms. The van der Waals surface area contributed by atoms with Crippen LogP contribution in [0.3, 0.4) is 0 Å². The van der Waals surface area contributed by atoms with E-state index in [1.165, 1.54) is 0 Å². The third kappa shape index (κ3) is 7.88. The molecule has 0 saturated carbocycles. The summed E-state index contributed by atoms with van der Waals surface area (Å²) in [5.41, 5.74) is 2.01. The molecule has 0 aromatic rings. The normalized spacial score (nSPS) is 13.6. The number of rotatable bonds is 8. The minimum absolute atomic E-state index is 0.621. The Bertz CT molecular complexity index is 423. The van der Waals surface area contributed by atoms with Crippen molar-refractivity contribution in [2.45, 2.75) is 13.8 Å². The molecule has 0 fully saturated rings. The first-order valence-corrected chi connectivity index (χ1v) is 6.28. The monoisotopic (exact) mass is 251 g/mol. The fraction of sp³-hybridized carbons (Fsp3) is 0.176. The molecule has 0 aliphatic rings. The molecule has 2 radical (unpaired) electrons. The van der Waals surface area contributed by atoms with E-state index < -0.39 is 0 Å². The molecule has 0 amide bonds. The van der Waals surface area contributed by atoms with Crippen LogP contribution in [0.2, 0.25) is 0 Å². The van der Waals surface area contributed by atoms with Gasteiger partial charge in [0.15, 0.2) is 0 Å². The molecule has 0 aliphatic carbocycles. The fourth-order valence-corrected chi connectivity index (χ4v) is 1.42. The average molecular weight is 251 g/mol. The minimum atomic E-state index is 0.621. The molecule has 98 valence electrons. The maximum atomic E-state index is 6.08. The molecule has 0 N–H and O–H groups in total. The zero-order chi connectivity index (χ0) is 14.5. The lowest BCUT2D eigenvalue weighted by atomic mass is 10.1. The van der Waals surface area contributed by atoms with E-state index in [0.717, 1.165) is 11.3 Å². The number of nitrogens with zero attached hydrogens (tertiary/aromatic N) is 1. The summed E-state index contributed by atoms with van der Waals surface area (Å²) < 4.78 is 0. The molecule has 0 spiro atoms. The van der Waals surface area contributed by atoms with Gasteiger partial charge in [0.25, 0.3) is 0 Å². The first-order valence-electron chi connectivity index (χ1n) is 6.28. The van der Waals surface area contributed by atoms with Gasteiger partial charge in [-0.3, -0.25) is 0 Å². The maximum absolute atomic E-state index is 6.08. The van der Waals surface area contributed by atoms with Crippen LogP contribution in [0.5, 0.6) is 0 Å². The van der Waals surface area contributed by atoms with Crippen LogP contribution in [-0.4, -0.2) is 19.3 Å². The average Bonchev–Trinajstić information content (AvgIpc) is 2.40. The molecule has 0 rings (SSSR count). The molecule has 0 unspecified atom stereocenters. The van der Waals surface area contributed by atoms with Gasteiger partial charge in [-0.2, -0.15) is 0 Å². The number of hydrogen-bond donors (Lipinski definition) is 0. The topological polar surface area (TPSA) is 3.24 Å². The predicted octanol–water partition coefficient (Wildman–Crippen LogP) is 4.26. The molecule has 2 heteroatoms. The Morgan fingerprint density at radius 1 is 1.00 bits per heavy atom. The molecule has 0 atom stereocenters. The van der Waals surface area contributed by atoms with E-state index in [-0.39, 0.29) is 0 Å². The van der Waals surface area contributed by atoms with Crippen molar-refractivity contribution < 1.29 is 0 Å². The molecule has 19 heavy (non-hydrogen) atoms. The Hall–Kier alpha value is -1.96. The summed E-state index contributed by atoms with van der Waals surface area (Å²) in [5.74, 6) is 0. The lowest BCUT2D eigenvalue weighted by Crippen LogP contribution is -2.20. The van der Waals surface area contributed by atoms with Gasteiger partial charge in [-0.05, 0) is 31.6 Å². The van der Waals surface area contributed by atoms with E-state index in [4.69, 9.17) is 7.98 Å². The molecule has 0 aromatic heterocycles. The largest absolute Gasteiger partial charge is 0.421 e. The summed E-state index contributed by atoms with van der Waals surface area (Å²) in [4.78, 5) is 1.68. The lowest BCUT2D eigenvalue weighted by Gasteiger charge is -2.21. The van der Waals surface area contributed by atoms with Crippen molar-refractivity contribution >= 4 is 7.98 Å². The predicted molar refractivity (Wildman–Crippen MR) is 87.8 cm³/mol. The first kappa shape index (κ1) is 17.0. The summed E-state index contributed by atoms with van der Waals surface area (Å²) in [6, 6.07) is 0. The highest BCUT2D eigenvalue weighted by molar-refractivity contribution is 6.06. The minimum Gasteiger partial charge on any atom is -0.421 e. The van der Waals surface area contributed by atoms with E-state index in [0.29, 0.717) is 6.54 Å². The number of hydrogen-bond acceptors (Lipinski definition) is 1. The van der Waals surface area contributed by atoms with Gasteiger partial charge in [-0.25, -0.2) is 0 Å². The lowest BCUT2D eigenvalue weighted by molar-refractivity contribution is 0.625. The molecule has 0 aromatic carbocycles. The molecule has 0 aliphatic heterocycles. The molecular formula is C17H22BN. The van der Waals surface area contributed by atoms with Crippen LogP contribution in [0, 0.1) is 0 Å². The van der Waals surface area contributed by atoms with E-state index in [2.05, 4.69) is 13.2 Å². The van der Waals surface area contributed by atoms with Crippen molar-refractivity contribution in [2.75, 3.05) is 6.54 Å². The smallest absolute Gasteiger partial charge is 0.227 e. The highest BCUT2D eigenvalue weighted by Gasteiger charge is 2.01. The van der Waals surface area contributed by atoms with E-state index in [1.807, 2.05) is 62.5 Å². The fourth-order valence-electron chi connectivity index (χ4n) is 1.42. The van der Waals surface area contributed by atoms with Crippen LogP contribution in [0.1, 0.15) is 13.8 Å².